The van der Waals surface area contributed by atoms with Crippen molar-refractivity contribution in [3.63, 3.8) is 0 Å². The summed E-state index contributed by atoms with van der Waals surface area (Å²) in [6.45, 7) is 3.40. The summed E-state index contributed by atoms with van der Waals surface area (Å²) in [6.07, 6.45) is 0. The molecule has 12 heavy (non-hydrogen) atoms. The summed E-state index contributed by atoms with van der Waals surface area (Å²) in [7, 11) is 0. The van der Waals surface area contributed by atoms with Crippen LogP contribution in [0.15, 0.2) is 42.9 Å². The summed E-state index contributed by atoms with van der Waals surface area (Å²) in [5, 5.41) is 10.3. The SMILES string of the molecule is C=C([O-])OCc1ccccc1.[Li+]. The third-order valence-electron chi connectivity index (χ3n) is 1.24. The van der Waals surface area contributed by atoms with Gasteiger partial charge in [-0.3, -0.25) is 0 Å². The zero-order chi connectivity index (χ0) is 8.10. The predicted molar refractivity (Wildman–Crippen MR) is 40.4 cm³/mol. The number of ether oxygens (including phenoxy) is 1. The molecule has 0 spiro atoms. The van der Waals surface area contributed by atoms with Crippen molar-refractivity contribution in [2.45, 2.75) is 6.61 Å². The van der Waals surface area contributed by atoms with Gasteiger partial charge in [-0.1, -0.05) is 36.9 Å². The van der Waals surface area contributed by atoms with Crippen molar-refractivity contribution in [1.82, 2.24) is 0 Å². The van der Waals surface area contributed by atoms with E-state index in [0.717, 1.165) is 5.56 Å². The van der Waals surface area contributed by atoms with Crippen LogP contribution in [0.5, 0.6) is 0 Å². The van der Waals surface area contributed by atoms with E-state index >= 15 is 0 Å². The number of rotatable bonds is 3. The molecule has 0 N–H and O–H groups in total. The molecule has 0 aromatic heterocycles. The van der Waals surface area contributed by atoms with Gasteiger partial charge in [-0.25, -0.2) is 0 Å². The molecular formula is C9H9LiO2. The first-order chi connectivity index (χ1) is 5.29. The smallest absolute Gasteiger partial charge is 0.609 e. The fraction of sp³-hybridized carbons (Fsp3) is 0.111. The summed E-state index contributed by atoms with van der Waals surface area (Å²) < 4.78 is 4.68. The topological polar surface area (TPSA) is 32.3 Å². The molecule has 0 aliphatic carbocycles. The molecular weight excluding hydrogens is 147 g/mol. The normalized spacial score (nSPS) is 8.33. The number of hydrogen-bond donors (Lipinski definition) is 0. The Kier molecular flexibility index (Phi) is 5.36. The van der Waals surface area contributed by atoms with E-state index in [-0.39, 0.29) is 18.9 Å². The van der Waals surface area contributed by atoms with Crippen molar-refractivity contribution in [3.8, 4) is 0 Å². The van der Waals surface area contributed by atoms with E-state index in [2.05, 4.69) is 11.3 Å². The first-order valence-electron chi connectivity index (χ1n) is 3.31. The van der Waals surface area contributed by atoms with Crippen LogP contribution in [0.4, 0.5) is 0 Å². The van der Waals surface area contributed by atoms with Crippen LogP contribution in [-0.4, -0.2) is 0 Å². The third-order valence-corrected chi connectivity index (χ3v) is 1.24. The van der Waals surface area contributed by atoms with E-state index in [1.54, 1.807) is 0 Å². The van der Waals surface area contributed by atoms with Crippen molar-refractivity contribution in [3.05, 3.63) is 48.4 Å². The minimum absolute atomic E-state index is 0. The van der Waals surface area contributed by atoms with Crippen LogP contribution in [0.3, 0.4) is 0 Å². The fourth-order valence-corrected chi connectivity index (χ4v) is 0.738. The Labute approximate surface area is 84.0 Å². The van der Waals surface area contributed by atoms with Gasteiger partial charge in [0, 0.05) is 12.6 Å². The Bertz CT molecular complexity index is 234. The average Bonchev–Trinajstić information content (AvgIpc) is 2.03. The molecule has 0 aliphatic heterocycles. The van der Waals surface area contributed by atoms with Crippen LogP contribution in [-0.2, 0) is 11.3 Å². The van der Waals surface area contributed by atoms with E-state index in [1.807, 2.05) is 30.3 Å². The van der Waals surface area contributed by atoms with Gasteiger partial charge in [-0.15, -0.1) is 0 Å². The van der Waals surface area contributed by atoms with Gasteiger partial charge in [0.25, 0.3) is 0 Å². The Morgan fingerprint density at radius 2 is 1.92 bits per heavy atom. The maximum absolute atomic E-state index is 10.3. The van der Waals surface area contributed by atoms with Crippen molar-refractivity contribution in [2.24, 2.45) is 0 Å². The van der Waals surface area contributed by atoms with E-state index in [0.29, 0.717) is 6.61 Å². The molecule has 1 aromatic carbocycles. The van der Waals surface area contributed by atoms with Gasteiger partial charge in [0.05, 0.1) is 0 Å². The van der Waals surface area contributed by atoms with E-state index in [4.69, 9.17) is 0 Å². The maximum atomic E-state index is 10.3. The number of benzene rings is 1. The van der Waals surface area contributed by atoms with Crippen LogP contribution in [0, 0.1) is 0 Å². The van der Waals surface area contributed by atoms with Gasteiger partial charge in [-0.05, 0) is 5.56 Å². The fourth-order valence-electron chi connectivity index (χ4n) is 0.738. The molecule has 0 saturated heterocycles. The first-order valence-corrected chi connectivity index (χ1v) is 3.31. The summed E-state index contributed by atoms with van der Waals surface area (Å²) >= 11 is 0. The molecule has 58 valence electrons. The van der Waals surface area contributed by atoms with Crippen molar-refractivity contribution in [1.29, 1.82) is 0 Å². The molecule has 1 rings (SSSR count). The first kappa shape index (κ1) is 11.2. The van der Waals surface area contributed by atoms with Gasteiger partial charge in [0.15, 0.2) is 0 Å². The molecule has 0 heterocycles. The van der Waals surface area contributed by atoms with E-state index in [9.17, 15) is 5.11 Å². The predicted octanol–water partition coefficient (Wildman–Crippen LogP) is -1.96. The van der Waals surface area contributed by atoms with Crippen LogP contribution in [0.2, 0.25) is 0 Å². The van der Waals surface area contributed by atoms with E-state index in [1.165, 1.54) is 0 Å². The monoisotopic (exact) mass is 156 g/mol. The second kappa shape index (κ2) is 5.76. The second-order valence-corrected chi connectivity index (χ2v) is 2.15. The molecule has 0 unspecified atom stereocenters. The molecule has 0 bridgehead atoms. The zero-order valence-corrected chi connectivity index (χ0v) is 7.12. The Balaban J connectivity index is 0.00000121. The largest absolute Gasteiger partial charge is 1.00 e. The summed E-state index contributed by atoms with van der Waals surface area (Å²) in [5.74, 6) is -0.492. The number of hydrogen-bond acceptors (Lipinski definition) is 2. The Hall–Kier alpha value is -0.843. The summed E-state index contributed by atoms with van der Waals surface area (Å²) in [5.41, 5.74) is 0.976. The van der Waals surface area contributed by atoms with Gasteiger partial charge >= 0.3 is 18.9 Å². The summed E-state index contributed by atoms with van der Waals surface area (Å²) in [6, 6.07) is 9.49. The molecule has 1 aromatic rings. The average molecular weight is 156 g/mol. The minimum Gasteiger partial charge on any atom is -0.609 e. The Morgan fingerprint density at radius 3 is 2.42 bits per heavy atom. The quantitative estimate of drug-likeness (QED) is 0.376. The van der Waals surface area contributed by atoms with Gasteiger partial charge in [0.1, 0.15) is 0 Å². The van der Waals surface area contributed by atoms with Gasteiger partial charge in [0.2, 0.25) is 0 Å². The van der Waals surface area contributed by atoms with Crippen molar-refractivity contribution >= 4 is 0 Å². The van der Waals surface area contributed by atoms with Crippen LogP contribution >= 0.6 is 0 Å². The molecule has 0 atom stereocenters. The Morgan fingerprint density at radius 1 is 1.33 bits per heavy atom. The standard InChI is InChI=1S/C9H10O2.Li/c1-8(10)11-7-9-5-3-2-4-6-9;/h2-6,10H,1,7H2;/q;+1/p-1. The van der Waals surface area contributed by atoms with Gasteiger partial charge in [-0.2, -0.15) is 0 Å². The van der Waals surface area contributed by atoms with Crippen molar-refractivity contribution in [2.75, 3.05) is 0 Å². The van der Waals surface area contributed by atoms with Crippen LogP contribution in [0.1, 0.15) is 5.56 Å². The molecule has 0 fully saturated rings. The van der Waals surface area contributed by atoms with E-state index < -0.39 is 5.95 Å². The molecule has 0 amide bonds. The maximum Gasteiger partial charge on any atom is 1.00 e. The van der Waals surface area contributed by atoms with Crippen molar-refractivity contribution < 1.29 is 28.7 Å². The molecule has 0 aliphatic rings. The van der Waals surface area contributed by atoms with Crippen LogP contribution < -0.4 is 24.0 Å². The molecule has 2 nitrogen and oxygen atoms in total. The zero-order valence-electron chi connectivity index (χ0n) is 7.12. The minimum atomic E-state index is -0.492. The molecule has 0 radical (unpaired) electrons. The second-order valence-electron chi connectivity index (χ2n) is 2.15. The van der Waals surface area contributed by atoms with Crippen LogP contribution in [0.25, 0.3) is 0 Å². The summed E-state index contributed by atoms with van der Waals surface area (Å²) in [4.78, 5) is 0. The van der Waals surface area contributed by atoms with Gasteiger partial charge < -0.3 is 9.84 Å². The molecule has 0 saturated carbocycles. The third kappa shape index (κ3) is 4.12. The molecule has 3 heteroatoms.